The van der Waals surface area contributed by atoms with E-state index in [1.165, 1.54) is 31.4 Å². The molecule has 222 valence electrons. The van der Waals surface area contributed by atoms with Crippen LogP contribution in [0.1, 0.15) is 41.4 Å². The number of carbonyl (C=O) groups is 1. The highest BCUT2D eigenvalue weighted by Gasteiger charge is 2.56. The summed E-state index contributed by atoms with van der Waals surface area (Å²) in [4.78, 5) is 17.4. The molecule has 0 unspecified atom stereocenters. The Hall–Kier alpha value is -4.00. The van der Waals surface area contributed by atoms with Gasteiger partial charge < -0.3 is 30.0 Å². The Morgan fingerprint density at radius 3 is 2.55 bits per heavy atom. The van der Waals surface area contributed by atoms with Crippen LogP contribution < -0.4 is 15.2 Å². The summed E-state index contributed by atoms with van der Waals surface area (Å²) in [5.41, 5.74) is 2.00. The fraction of sp³-hybridized carbons (Fsp3) is 0.333. The Morgan fingerprint density at radius 2 is 1.90 bits per heavy atom. The summed E-state index contributed by atoms with van der Waals surface area (Å²) in [7, 11) is 1.40. The van der Waals surface area contributed by atoms with Gasteiger partial charge in [-0.3, -0.25) is 4.79 Å². The molecule has 0 bridgehead atoms. The van der Waals surface area contributed by atoms with Crippen LogP contribution >= 0.6 is 0 Å². The molecular weight excluding hydrogens is 558 g/mol. The van der Waals surface area contributed by atoms with Crippen molar-refractivity contribution in [3.05, 3.63) is 77.4 Å². The molecule has 0 fully saturated rings. The van der Waals surface area contributed by atoms with Gasteiger partial charge >= 0.3 is 6.18 Å². The van der Waals surface area contributed by atoms with Gasteiger partial charge in [0.05, 0.1) is 30.5 Å². The average molecular weight is 588 g/mol. The number of hydrogen-bond donors (Lipinski definition) is 3. The summed E-state index contributed by atoms with van der Waals surface area (Å²) >= 11 is 0. The number of alkyl halides is 3. The zero-order valence-corrected chi connectivity index (χ0v) is 22.8. The molecule has 2 atom stereocenters. The van der Waals surface area contributed by atoms with Gasteiger partial charge in [-0.05, 0) is 61.9 Å². The molecule has 0 saturated carbocycles. The van der Waals surface area contributed by atoms with Crippen LogP contribution in [0.15, 0.2) is 54.7 Å². The van der Waals surface area contributed by atoms with Crippen molar-refractivity contribution in [2.24, 2.45) is 5.73 Å². The Kier molecular flexibility index (Phi) is 7.50. The third-order valence-electron chi connectivity index (χ3n) is 7.54. The lowest BCUT2D eigenvalue weighted by Gasteiger charge is -2.31. The number of benzene rings is 2. The smallest absolute Gasteiger partial charge is 0.422 e. The second kappa shape index (κ2) is 10.7. The molecule has 3 heterocycles. The molecule has 8 nitrogen and oxygen atoms in total. The van der Waals surface area contributed by atoms with Gasteiger partial charge in [0.25, 0.3) is 0 Å². The maximum atomic E-state index is 14.6. The topological polar surface area (TPSA) is 120 Å². The third kappa shape index (κ3) is 5.10. The molecule has 1 aliphatic rings. The number of pyridine rings is 1. The van der Waals surface area contributed by atoms with Crippen LogP contribution in [-0.2, 0) is 17.7 Å². The quantitative estimate of drug-likeness (QED) is 0.190. The maximum Gasteiger partial charge on any atom is 0.422 e. The average Bonchev–Trinajstić information content (AvgIpc) is 3.50. The SMILES string of the molecule is COc1cc(C(=O)CC[C@@](O)(c2cc3c(c(-c4ccc(F)cc4)n2)OC[C@@]3(C)N)C(F)(F)F)cc2ccn(CCO)c12. The number of nitrogens with zero attached hydrogens (tertiary/aromatic N) is 2. The number of aliphatic hydroxyl groups is 2. The lowest BCUT2D eigenvalue weighted by Crippen LogP contribution is -2.44. The summed E-state index contributed by atoms with van der Waals surface area (Å²) in [6, 6.07) is 10.6. The number of nitrogens with two attached hydrogens (primary N) is 1. The minimum Gasteiger partial charge on any atom is -0.495 e. The number of aromatic nitrogens is 2. The van der Waals surface area contributed by atoms with Crippen molar-refractivity contribution in [2.45, 2.75) is 43.6 Å². The molecule has 42 heavy (non-hydrogen) atoms. The van der Waals surface area contributed by atoms with Crippen LogP contribution in [0.25, 0.3) is 22.2 Å². The molecular formula is C30H29F4N3O5. The summed E-state index contributed by atoms with van der Waals surface area (Å²) in [5, 5.41) is 21.2. The van der Waals surface area contributed by atoms with Crippen LogP contribution in [0.5, 0.6) is 11.5 Å². The minimum atomic E-state index is -5.22. The molecule has 0 amide bonds. The Morgan fingerprint density at radius 1 is 1.19 bits per heavy atom. The predicted molar refractivity (Wildman–Crippen MR) is 146 cm³/mol. The zero-order chi connectivity index (χ0) is 30.4. The number of fused-ring (bicyclic) bond motifs is 2. The van der Waals surface area contributed by atoms with E-state index in [0.29, 0.717) is 16.7 Å². The Balaban J connectivity index is 1.53. The molecule has 0 saturated heterocycles. The third-order valence-corrected chi connectivity index (χ3v) is 7.54. The molecule has 0 spiro atoms. The number of ether oxygens (including phenoxy) is 2. The number of carbonyl (C=O) groups excluding carboxylic acids is 1. The largest absolute Gasteiger partial charge is 0.495 e. The van der Waals surface area contributed by atoms with Crippen molar-refractivity contribution in [3.63, 3.8) is 0 Å². The monoisotopic (exact) mass is 587 g/mol. The van der Waals surface area contributed by atoms with Crippen LogP contribution in [0.2, 0.25) is 0 Å². The number of halogens is 4. The van der Waals surface area contributed by atoms with Crippen molar-refractivity contribution in [1.29, 1.82) is 0 Å². The van der Waals surface area contributed by atoms with Crippen molar-refractivity contribution in [2.75, 3.05) is 20.3 Å². The van der Waals surface area contributed by atoms with Crippen molar-refractivity contribution in [3.8, 4) is 22.8 Å². The first-order valence-corrected chi connectivity index (χ1v) is 13.1. The highest BCUT2D eigenvalue weighted by Crippen LogP contribution is 2.48. The number of rotatable bonds is 9. The number of hydrogen-bond acceptors (Lipinski definition) is 7. The Bertz CT molecular complexity index is 1650. The standard InChI is InChI=1S/C30H29F4N3O5/c1-28(35)16-42-27-21(28)15-24(36-25(27)17-3-5-20(31)6-4-17)29(40,30(32,33)34)9-7-22(39)19-13-18-8-10-37(11-12-38)26(18)23(14-19)41-2/h3-6,8,10,13-15,38,40H,7,9,11-12,16,35H2,1-2H3/t28-,29-/m1/s1. The van der Waals surface area contributed by atoms with Gasteiger partial charge in [-0.1, -0.05) is 0 Å². The summed E-state index contributed by atoms with van der Waals surface area (Å²) in [6.45, 7) is 1.69. The van der Waals surface area contributed by atoms with Gasteiger partial charge in [-0.25, -0.2) is 9.37 Å². The van der Waals surface area contributed by atoms with Gasteiger partial charge in [0.2, 0.25) is 5.60 Å². The van der Waals surface area contributed by atoms with Crippen LogP contribution in [0, 0.1) is 5.82 Å². The van der Waals surface area contributed by atoms with Crippen LogP contribution in [0.3, 0.4) is 0 Å². The van der Waals surface area contributed by atoms with E-state index in [9.17, 15) is 32.6 Å². The van der Waals surface area contributed by atoms with Crippen LogP contribution in [0.4, 0.5) is 17.6 Å². The molecule has 4 aromatic rings. The molecule has 0 aliphatic carbocycles. The molecule has 0 radical (unpaired) electrons. The summed E-state index contributed by atoms with van der Waals surface area (Å²) in [6.07, 6.45) is -5.23. The van der Waals surface area contributed by atoms with E-state index in [0.717, 1.165) is 18.2 Å². The van der Waals surface area contributed by atoms with Gasteiger partial charge in [-0.2, -0.15) is 13.2 Å². The predicted octanol–water partition coefficient (Wildman–Crippen LogP) is 4.82. The van der Waals surface area contributed by atoms with E-state index in [2.05, 4.69) is 4.98 Å². The lowest BCUT2D eigenvalue weighted by atomic mass is 9.86. The van der Waals surface area contributed by atoms with Gasteiger partial charge in [0, 0.05) is 41.2 Å². The fourth-order valence-corrected chi connectivity index (χ4v) is 5.19. The molecule has 2 aromatic heterocycles. The number of aliphatic hydroxyl groups excluding tert-OH is 1. The fourth-order valence-electron chi connectivity index (χ4n) is 5.19. The van der Waals surface area contributed by atoms with Gasteiger partial charge in [-0.15, -0.1) is 0 Å². The minimum absolute atomic E-state index is 0.0340. The van der Waals surface area contributed by atoms with E-state index >= 15 is 0 Å². The maximum absolute atomic E-state index is 14.6. The van der Waals surface area contributed by atoms with Crippen LogP contribution in [-0.4, -0.2) is 52.0 Å². The first-order chi connectivity index (χ1) is 19.8. The van der Waals surface area contributed by atoms with E-state index in [4.69, 9.17) is 15.2 Å². The highest BCUT2D eigenvalue weighted by molar-refractivity contribution is 6.01. The zero-order valence-electron chi connectivity index (χ0n) is 22.8. The number of methoxy groups -OCH3 is 1. The first-order valence-electron chi connectivity index (χ1n) is 13.1. The van der Waals surface area contributed by atoms with Gasteiger partial charge in [0.1, 0.15) is 23.9 Å². The normalized spacial score (nSPS) is 18.0. The number of ketones is 1. The van der Waals surface area contributed by atoms with Crippen molar-refractivity contribution in [1.82, 2.24) is 9.55 Å². The lowest BCUT2D eigenvalue weighted by molar-refractivity contribution is -0.270. The second-order valence-corrected chi connectivity index (χ2v) is 10.6. The molecule has 4 N–H and O–H groups in total. The molecule has 5 rings (SSSR count). The second-order valence-electron chi connectivity index (χ2n) is 10.6. The van der Waals surface area contributed by atoms with Gasteiger partial charge in [0.15, 0.2) is 11.5 Å². The highest BCUT2D eigenvalue weighted by atomic mass is 19.4. The van der Waals surface area contributed by atoms with E-state index in [-0.39, 0.29) is 47.9 Å². The first kappa shape index (κ1) is 29.5. The Labute approximate surface area is 238 Å². The van der Waals surface area contributed by atoms with Crippen molar-refractivity contribution < 1.29 is 42.0 Å². The molecule has 2 aromatic carbocycles. The van der Waals surface area contributed by atoms with E-state index in [1.54, 1.807) is 23.8 Å². The van der Waals surface area contributed by atoms with Crippen molar-refractivity contribution >= 4 is 16.7 Å². The van der Waals surface area contributed by atoms with E-state index in [1.807, 2.05) is 0 Å². The summed E-state index contributed by atoms with van der Waals surface area (Å²) < 4.78 is 70.3. The molecule has 1 aliphatic heterocycles. The summed E-state index contributed by atoms with van der Waals surface area (Å²) in [5.74, 6) is -0.753. The van der Waals surface area contributed by atoms with E-state index < -0.39 is 47.5 Å². The molecule has 12 heteroatoms. The number of Topliss-reactive ketones (excluding diaryl/α,β-unsaturated/α-hetero) is 1.